The summed E-state index contributed by atoms with van der Waals surface area (Å²) in [5, 5.41) is 8.41. The quantitative estimate of drug-likeness (QED) is 0.820. The highest BCUT2D eigenvalue weighted by Gasteiger charge is 2.39. The molecule has 3 N–H and O–H groups in total. The number of carbonyl (C=O) groups is 1. The largest absolute Gasteiger partial charge is 0.374 e. The Morgan fingerprint density at radius 1 is 1.67 bits per heavy atom. The Kier molecular flexibility index (Phi) is 3.82. The molecule has 0 spiro atoms. The Bertz CT molecular complexity index is 435. The van der Waals surface area contributed by atoms with Crippen LogP contribution in [0.5, 0.6) is 0 Å². The van der Waals surface area contributed by atoms with E-state index in [1.807, 2.05) is 13.8 Å². The van der Waals surface area contributed by atoms with Crippen LogP contribution in [-0.4, -0.2) is 40.0 Å². The average molecular weight is 269 g/mol. The molecule has 1 atom stereocenters. The van der Waals surface area contributed by atoms with Gasteiger partial charge in [0.05, 0.1) is 5.41 Å². The number of anilines is 1. The smallest absolute Gasteiger partial charge is 0.224 e. The third-order valence-electron chi connectivity index (χ3n) is 3.41. The van der Waals surface area contributed by atoms with Gasteiger partial charge in [0.15, 0.2) is 0 Å². The van der Waals surface area contributed by atoms with Crippen molar-refractivity contribution in [2.75, 3.05) is 25.0 Å². The number of amides is 1. The molecular weight excluding hydrogens is 250 g/mol. The van der Waals surface area contributed by atoms with Crippen molar-refractivity contribution in [3.8, 4) is 0 Å². The van der Waals surface area contributed by atoms with Crippen LogP contribution in [0.1, 0.15) is 26.0 Å². The third kappa shape index (κ3) is 2.62. The molecule has 0 bridgehead atoms. The lowest BCUT2D eigenvalue weighted by molar-refractivity contribution is -0.126. The van der Waals surface area contributed by atoms with Crippen LogP contribution < -0.4 is 11.1 Å². The van der Waals surface area contributed by atoms with E-state index in [0.717, 1.165) is 36.8 Å². The molecule has 2 heterocycles. The first kappa shape index (κ1) is 13.2. The standard InChI is InChI=1S/C11H19N5OS/c1-3-13-9-8(14-15-18-9)6-16-5-4-11(2,7-16)10(12)17/h13H,3-7H2,1-2H3,(H2,12,17). The first-order valence-corrected chi connectivity index (χ1v) is 6.90. The molecule has 1 unspecified atom stereocenters. The van der Waals surface area contributed by atoms with Crippen molar-refractivity contribution in [1.29, 1.82) is 0 Å². The summed E-state index contributed by atoms with van der Waals surface area (Å²) in [5.41, 5.74) is 5.99. The fourth-order valence-electron chi connectivity index (χ4n) is 2.21. The zero-order chi connectivity index (χ0) is 13.2. The molecule has 0 aliphatic carbocycles. The SMILES string of the molecule is CCNc1snnc1CN1CCC(C)(C(N)=O)C1. The van der Waals surface area contributed by atoms with Gasteiger partial charge >= 0.3 is 0 Å². The van der Waals surface area contributed by atoms with Gasteiger partial charge in [-0.1, -0.05) is 4.49 Å². The summed E-state index contributed by atoms with van der Waals surface area (Å²) < 4.78 is 3.97. The lowest BCUT2D eigenvalue weighted by atomic mass is 9.89. The van der Waals surface area contributed by atoms with E-state index in [9.17, 15) is 4.79 Å². The number of rotatable bonds is 5. The number of hydrogen-bond donors (Lipinski definition) is 2. The molecule has 1 saturated heterocycles. The highest BCUT2D eigenvalue weighted by molar-refractivity contribution is 7.10. The van der Waals surface area contributed by atoms with E-state index in [1.54, 1.807) is 0 Å². The molecular formula is C11H19N5OS. The van der Waals surface area contributed by atoms with E-state index in [4.69, 9.17) is 5.73 Å². The van der Waals surface area contributed by atoms with Crippen molar-refractivity contribution >= 4 is 22.4 Å². The van der Waals surface area contributed by atoms with Gasteiger partial charge < -0.3 is 11.1 Å². The summed E-state index contributed by atoms with van der Waals surface area (Å²) in [4.78, 5) is 13.6. The number of hydrogen-bond acceptors (Lipinski definition) is 6. The number of nitrogens with one attached hydrogen (secondary N) is 1. The van der Waals surface area contributed by atoms with Gasteiger partial charge in [0.1, 0.15) is 10.7 Å². The Labute approximate surface area is 111 Å². The zero-order valence-corrected chi connectivity index (χ0v) is 11.6. The number of nitrogens with zero attached hydrogens (tertiary/aromatic N) is 3. The Morgan fingerprint density at radius 3 is 3.06 bits per heavy atom. The molecule has 100 valence electrons. The van der Waals surface area contributed by atoms with Crippen LogP contribution in [0.2, 0.25) is 0 Å². The van der Waals surface area contributed by atoms with Crippen molar-refractivity contribution in [2.24, 2.45) is 11.1 Å². The lowest BCUT2D eigenvalue weighted by Crippen LogP contribution is -2.37. The first-order chi connectivity index (χ1) is 8.55. The lowest BCUT2D eigenvalue weighted by Gasteiger charge is -2.20. The summed E-state index contributed by atoms with van der Waals surface area (Å²) in [5.74, 6) is -0.215. The van der Waals surface area contributed by atoms with Gasteiger partial charge in [-0.2, -0.15) is 0 Å². The zero-order valence-electron chi connectivity index (χ0n) is 10.8. The highest BCUT2D eigenvalue weighted by atomic mass is 32.1. The minimum Gasteiger partial charge on any atom is -0.374 e. The topological polar surface area (TPSA) is 84.1 Å². The van der Waals surface area contributed by atoms with Crippen molar-refractivity contribution in [3.63, 3.8) is 0 Å². The number of likely N-dealkylation sites (tertiary alicyclic amines) is 1. The van der Waals surface area contributed by atoms with Gasteiger partial charge in [-0.05, 0) is 26.8 Å². The van der Waals surface area contributed by atoms with Gasteiger partial charge in [0.25, 0.3) is 0 Å². The second kappa shape index (κ2) is 5.19. The van der Waals surface area contributed by atoms with Gasteiger partial charge in [-0.3, -0.25) is 9.69 Å². The fourth-order valence-corrected chi connectivity index (χ4v) is 2.85. The number of nitrogens with two attached hydrogens (primary N) is 1. The van der Waals surface area contributed by atoms with E-state index < -0.39 is 5.41 Å². The van der Waals surface area contributed by atoms with Crippen molar-refractivity contribution in [1.82, 2.24) is 14.5 Å². The summed E-state index contributed by atoms with van der Waals surface area (Å²) in [6.45, 7) is 7.13. The normalized spacial score (nSPS) is 24.3. The van der Waals surface area contributed by atoms with E-state index >= 15 is 0 Å². The van der Waals surface area contributed by atoms with E-state index in [-0.39, 0.29) is 5.91 Å². The number of carbonyl (C=O) groups excluding carboxylic acids is 1. The summed E-state index contributed by atoms with van der Waals surface area (Å²) in [7, 11) is 0. The van der Waals surface area contributed by atoms with Crippen LogP contribution in [0, 0.1) is 5.41 Å². The molecule has 1 fully saturated rings. The van der Waals surface area contributed by atoms with Gasteiger partial charge in [-0.15, -0.1) is 5.10 Å². The predicted molar refractivity (Wildman–Crippen MR) is 71.3 cm³/mol. The molecule has 0 radical (unpaired) electrons. The second-order valence-electron chi connectivity index (χ2n) is 4.96. The first-order valence-electron chi connectivity index (χ1n) is 6.12. The maximum absolute atomic E-state index is 11.4. The Morgan fingerprint density at radius 2 is 2.44 bits per heavy atom. The molecule has 18 heavy (non-hydrogen) atoms. The minimum atomic E-state index is -0.401. The van der Waals surface area contributed by atoms with Crippen LogP contribution >= 0.6 is 11.5 Å². The molecule has 0 saturated carbocycles. The van der Waals surface area contributed by atoms with Crippen molar-refractivity contribution < 1.29 is 4.79 Å². The summed E-state index contributed by atoms with van der Waals surface area (Å²) >= 11 is 1.37. The Hall–Kier alpha value is -1.21. The third-order valence-corrected chi connectivity index (χ3v) is 4.14. The Balaban J connectivity index is 1.99. The van der Waals surface area contributed by atoms with Gasteiger partial charge in [0.2, 0.25) is 5.91 Å². The molecule has 1 aliphatic heterocycles. The molecule has 1 aliphatic rings. The monoisotopic (exact) mass is 269 g/mol. The fraction of sp³-hybridized carbons (Fsp3) is 0.727. The van der Waals surface area contributed by atoms with Gasteiger partial charge in [-0.25, -0.2) is 0 Å². The molecule has 2 rings (SSSR count). The number of aromatic nitrogens is 2. The maximum atomic E-state index is 11.4. The average Bonchev–Trinajstić information content (AvgIpc) is 2.89. The van der Waals surface area contributed by atoms with E-state index in [1.165, 1.54) is 11.5 Å². The highest BCUT2D eigenvalue weighted by Crippen LogP contribution is 2.31. The number of primary amides is 1. The summed E-state index contributed by atoms with van der Waals surface area (Å²) in [6, 6.07) is 0. The molecule has 7 heteroatoms. The van der Waals surface area contributed by atoms with Crippen LogP contribution in [-0.2, 0) is 11.3 Å². The second-order valence-corrected chi connectivity index (χ2v) is 5.72. The summed E-state index contributed by atoms with van der Waals surface area (Å²) in [6.07, 6.45) is 0.816. The van der Waals surface area contributed by atoms with Crippen molar-refractivity contribution in [3.05, 3.63) is 5.69 Å². The van der Waals surface area contributed by atoms with Crippen LogP contribution in [0.15, 0.2) is 0 Å². The van der Waals surface area contributed by atoms with Gasteiger partial charge in [0, 0.05) is 31.2 Å². The predicted octanol–water partition coefficient (Wildman–Crippen LogP) is 0.667. The molecule has 6 nitrogen and oxygen atoms in total. The minimum absolute atomic E-state index is 0.215. The molecule has 0 aromatic carbocycles. The maximum Gasteiger partial charge on any atom is 0.224 e. The van der Waals surface area contributed by atoms with E-state index in [2.05, 4.69) is 19.8 Å². The van der Waals surface area contributed by atoms with E-state index in [0.29, 0.717) is 6.54 Å². The van der Waals surface area contributed by atoms with Crippen LogP contribution in [0.4, 0.5) is 5.00 Å². The molecule has 1 aromatic heterocycles. The van der Waals surface area contributed by atoms with Crippen molar-refractivity contribution in [2.45, 2.75) is 26.8 Å². The molecule has 1 amide bonds. The molecule has 1 aromatic rings. The van der Waals surface area contributed by atoms with Crippen LogP contribution in [0.3, 0.4) is 0 Å². The van der Waals surface area contributed by atoms with Crippen LogP contribution in [0.25, 0.3) is 0 Å².